The van der Waals surface area contributed by atoms with Crippen molar-refractivity contribution in [2.45, 2.75) is 13.5 Å². The number of hydrogen-bond acceptors (Lipinski definition) is 5. The second-order valence-electron chi connectivity index (χ2n) is 6.33. The average Bonchev–Trinajstić information content (AvgIpc) is 2.73. The number of aryl methyl sites for hydroxylation is 1. The van der Waals surface area contributed by atoms with Crippen molar-refractivity contribution in [1.82, 2.24) is 10.3 Å². The van der Waals surface area contributed by atoms with Crippen LogP contribution in [0.3, 0.4) is 0 Å². The second-order valence-corrected chi connectivity index (χ2v) is 6.33. The first-order chi connectivity index (χ1) is 13.6. The number of rotatable bonds is 7. The van der Waals surface area contributed by atoms with Crippen LogP contribution in [0.1, 0.15) is 21.5 Å². The standard InChI is InChI=1S/C22H23N3O3/c1-15-4-6-16(7-5-15)12-24-22(26)17-10-19(14-23-13-17)25-18-8-9-20(27-2)21(11-18)28-3/h4-11,13-14,25H,12H2,1-3H3,(H,24,26). The first-order valence-electron chi connectivity index (χ1n) is 8.87. The Morgan fingerprint density at radius 1 is 0.929 bits per heavy atom. The summed E-state index contributed by atoms with van der Waals surface area (Å²) in [7, 11) is 3.18. The van der Waals surface area contributed by atoms with E-state index in [1.807, 2.05) is 49.4 Å². The lowest BCUT2D eigenvalue weighted by Gasteiger charge is -2.12. The summed E-state index contributed by atoms with van der Waals surface area (Å²) >= 11 is 0. The number of carbonyl (C=O) groups is 1. The fourth-order valence-corrected chi connectivity index (χ4v) is 2.70. The molecule has 3 aromatic rings. The lowest BCUT2D eigenvalue weighted by molar-refractivity contribution is 0.0950. The Morgan fingerprint density at radius 3 is 2.39 bits per heavy atom. The predicted molar refractivity (Wildman–Crippen MR) is 109 cm³/mol. The van der Waals surface area contributed by atoms with Crippen LogP contribution >= 0.6 is 0 Å². The number of carbonyl (C=O) groups excluding carboxylic acids is 1. The van der Waals surface area contributed by atoms with E-state index in [1.54, 1.807) is 32.7 Å². The van der Waals surface area contributed by atoms with Crippen molar-refractivity contribution in [1.29, 1.82) is 0 Å². The molecule has 0 atom stereocenters. The maximum Gasteiger partial charge on any atom is 0.253 e. The van der Waals surface area contributed by atoms with Crippen molar-refractivity contribution in [2.75, 3.05) is 19.5 Å². The van der Waals surface area contributed by atoms with E-state index in [1.165, 1.54) is 5.56 Å². The van der Waals surface area contributed by atoms with Crippen LogP contribution in [0.15, 0.2) is 60.9 Å². The fraction of sp³-hybridized carbons (Fsp3) is 0.182. The molecule has 2 aromatic carbocycles. The van der Waals surface area contributed by atoms with Crippen LogP contribution in [-0.2, 0) is 6.54 Å². The number of benzene rings is 2. The molecule has 144 valence electrons. The molecule has 0 unspecified atom stereocenters. The van der Waals surface area contributed by atoms with E-state index in [2.05, 4.69) is 15.6 Å². The molecule has 0 saturated carbocycles. The average molecular weight is 377 g/mol. The van der Waals surface area contributed by atoms with Gasteiger partial charge in [0.25, 0.3) is 5.91 Å². The molecule has 0 radical (unpaired) electrons. The topological polar surface area (TPSA) is 72.5 Å². The predicted octanol–water partition coefficient (Wildman–Crippen LogP) is 4.08. The molecule has 1 heterocycles. The van der Waals surface area contributed by atoms with E-state index in [0.29, 0.717) is 29.3 Å². The summed E-state index contributed by atoms with van der Waals surface area (Å²) in [5, 5.41) is 6.14. The maximum atomic E-state index is 12.5. The number of methoxy groups -OCH3 is 2. The van der Waals surface area contributed by atoms with Gasteiger partial charge in [0.15, 0.2) is 11.5 Å². The number of anilines is 2. The fourth-order valence-electron chi connectivity index (χ4n) is 2.70. The summed E-state index contributed by atoms with van der Waals surface area (Å²) in [6.45, 7) is 2.50. The highest BCUT2D eigenvalue weighted by molar-refractivity contribution is 5.94. The molecule has 0 bridgehead atoms. The van der Waals surface area contributed by atoms with Crippen molar-refractivity contribution in [2.24, 2.45) is 0 Å². The third-order valence-electron chi connectivity index (χ3n) is 4.25. The highest BCUT2D eigenvalue weighted by Crippen LogP contribution is 2.31. The van der Waals surface area contributed by atoms with Gasteiger partial charge in [-0.05, 0) is 30.7 Å². The molecule has 0 spiro atoms. The van der Waals surface area contributed by atoms with Gasteiger partial charge in [0, 0.05) is 24.5 Å². The molecule has 1 amide bonds. The van der Waals surface area contributed by atoms with E-state index in [0.717, 1.165) is 11.3 Å². The van der Waals surface area contributed by atoms with E-state index in [-0.39, 0.29) is 5.91 Å². The van der Waals surface area contributed by atoms with Gasteiger partial charge in [-0.25, -0.2) is 0 Å². The number of pyridine rings is 1. The molecule has 2 N–H and O–H groups in total. The molecular formula is C22H23N3O3. The van der Waals surface area contributed by atoms with Crippen LogP contribution in [0, 0.1) is 6.92 Å². The van der Waals surface area contributed by atoms with Crippen molar-refractivity contribution >= 4 is 17.3 Å². The molecule has 0 fully saturated rings. The SMILES string of the molecule is COc1ccc(Nc2cncc(C(=O)NCc3ccc(C)cc3)c2)cc1OC. The van der Waals surface area contributed by atoms with Gasteiger partial charge in [-0.1, -0.05) is 29.8 Å². The minimum Gasteiger partial charge on any atom is -0.493 e. The van der Waals surface area contributed by atoms with Crippen molar-refractivity contribution < 1.29 is 14.3 Å². The number of amides is 1. The Kier molecular flexibility index (Phi) is 6.11. The summed E-state index contributed by atoms with van der Waals surface area (Å²) in [4.78, 5) is 16.6. The van der Waals surface area contributed by atoms with Gasteiger partial charge in [0.05, 0.1) is 31.7 Å². The largest absolute Gasteiger partial charge is 0.493 e. The third kappa shape index (κ3) is 4.79. The number of hydrogen-bond donors (Lipinski definition) is 2. The van der Waals surface area contributed by atoms with Crippen LogP contribution in [0.5, 0.6) is 11.5 Å². The zero-order valence-corrected chi connectivity index (χ0v) is 16.2. The molecule has 6 nitrogen and oxygen atoms in total. The number of nitrogens with one attached hydrogen (secondary N) is 2. The van der Waals surface area contributed by atoms with Crippen molar-refractivity contribution in [3.8, 4) is 11.5 Å². The molecule has 0 aliphatic carbocycles. The lowest BCUT2D eigenvalue weighted by atomic mass is 10.1. The monoisotopic (exact) mass is 377 g/mol. The number of nitrogens with zero attached hydrogens (tertiary/aromatic N) is 1. The molecule has 0 aliphatic rings. The Morgan fingerprint density at radius 2 is 1.68 bits per heavy atom. The molecule has 0 saturated heterocycles. The Balaban J connectivity index is 1.67. The van der Waals surface area contributed by atoms with E-state index in [9.17, 15) is 4.79 Å². The smallest absolute Gasteiger partial charge is 0.253 e. The normalized spacial score (nSPS) is 10.2. The summed E-state index contributed by atoms with van der Waals surface area (Å²) in [5.74, 6) is 1.09. The Bertz CT molecular complexity index is 955. The molecule has 0 aliphatic heterocycles. The lowest BCUT2D eigenvalue weighted by Crippen LogP contribution is -2.23. The molecule has 6 heteroatoms. The third-order valence-corrected chi connectivity index (χ3v) is 4.25. The van der Waals surface area contributed by atoms with Crippen LogP contribution in [0.4, 0.5) is 11.4 Å². The van der Waals surface area contributed by atoms with Crippen molar-refractivity contribution in [3.05, 3.63) is 77.6 Å². The highest BCUT2D eigenvalue weighted by Gasteiger charge is 2.09. The minimum absolute atomic E-state index is 0.177. The molecule has 3 rings (SSSR count). The van der Waals surface area contributed by atoms with Gasteiger partial charge in [0.1, 0.15) is 0 Å². The first-order valence-corrected chi connectivity index (χ1v) is 8.87. The summed E-state index contributed by atoms with van der Waals surface area (Å²) in [6, 6.07) is 15.3. The summed E-state index contributed by atoms with van der Waals surface area (Å²) < 4.78 is 10.6. The Labute approximate surface area is 164 Å². The molecular weight excluding hydrogens is 354 g/mol. The maximum absolute atomic E-state index is 12.5. The first kappa shape index (κ1) is 19.2. The minimum atomic E-state index is -0.177. The van der Waals surface area contributed by atoms with Crippen LogP contribution in [-0.4, -0.2) is 25.1 Å². The Hall–Kier alpha value is -3.54. The van der Waals surface area contributed by atoms with Gasteiger partial charge in [0.2, 0.25) is 0 Å². The van der Waals surface area contributed by atoms with E-state index in [4.69, 9.17) is 9.47 Å². The number of ether oxygens (including phenoxy) is 2. The van der Waals surface area contributed by atoms with E-state index < -0.39 is 0 Å². The van der Waals surface area contributed by atoms with Gasteiger partial charge in [-0.15, -0.1) is 0 Å². The zero-order chi connectivity index (χ0) is 19.9. The number of aromatic nitrogens is 1. The quantitative estimate of drug-likeness (QED) is 0.649. The molecule has 28 heavy (non-hydrogen) atoms. The van der Waals surface area contributed by atoms with Crippen LogP contribution < -0.4 is 20.1 Å². The van der Waals surface area contributed by atoms with Gasteiger partial charge in [-0.2, -0.15) is 0 Å². The van der Waals surface area contributed by atoms with Crippen LogP contribution in [0.2, 0.25) is 0 Å². The second kappa shape index (κ2) is 8.90. The van der Waals surface area contributed by atoms with Gasteiger partial charge in [-0.3, -0.25) is 9.78 Å². The summed E-state index contributed by atoms with van der Waals surface area (Å²) in [6.07, 6.45) is 3.21. The van der Waals surface area contributed by atoms with Gasteiger partial charge < -0.3 is 20.1 Å². The van der Waals surface area contributed by atoms with Crippen molar-refractivity contribution in [3.63, 3.8) is 0 Å². The molecule has 1 aromatic heterocycles. The zero-order valence-electron chi connectivity index (χ0n) is 16.2. The van der Waals surface area contributed by atoms with Crippen LogP contribution in [0.25, 0.3) is 0 Å². The highest BCUT2D eigenvalue weighted by atomic mass is 16.5. The van der Waals surface area contributed by atoms with Gasteiger partial charge >= 0.3 is 0 Å². The van der Waals surface area contributed by atoms with E-state index >= 15 is 0 Å². The summed E-state index contributed by atoms with van der Waals surface area (Å²) in [5.41, 5.74) is 4.23.